The lowest BCUT2D eigenvalue weighted by molar-refractivity contribution is -0.115. The highest BCUT2D eigenvalue weighted by molar-refractivity contribution is 7.96. The number of ether oxygens (including phenoxy) is 2. The van der Waals surface area contributed by atoms with E-state index in [0.29, 0.717) is 44.7 Å². The van der Waals surface area contributed by atoms with E-state index in [1.807, 2.05) is 49.7 Å². The van der Waals surface area contributed by atoms with Crippen LogP contribution in [0.2, 0.25) is 0 Å². The van der Waals surface area contributed by atoms with Crippen LogP contribution < -0.4 is 16.0 Å². The third kappa shape index (κ3) is 12.3. The molecule has 2 saturated heterocycles. The van der Waals surface area contributed by atoms with Gasteiger partial charge in [0.2, 0.25) is 0 Å². The van der Waals surface area contributed by atoms with Gasteiger partial charge < -0.3 is 35.4 Å². The lowest BCUT2D eigenvalue weighted by Crippen LogP contribution is -2.40. The van der Waals surface area contributed by atoms with E-state index in [1.54, 1.807) is 12.1 Å². The molecule has 4 N–H and O–H groups in total. The number of Topliss-reactive ketones (excluding diaryl/α,β-unsaturated/α-hetero) is 2. The lowest BCUT2D eigenvalue weighted by atomic mass is 10.1. The summed E-state index contributed by atoms with van der Waals surface area (Å²) >= 11 is 4.37. The number of rotatable bonds is 6. The number of nitrogens with one attached hydrogen (secondary N) is 3. The number of nitrogens with zero attached hydrogens (tertiary/aromatic N) is 1. The molecule has 0 aromatic heterocycles. The van der Waals surface area contributed by atoms with Gasteiger partial charge >= 0.3 is 5.97 Å². The number of carboxylic acid groups (broad SMARTS) is 1. The molecule has 0 bridgehead atoms. The molecule has 1 amide bonds. The molecule has 11 nitrogen and oxygen atoms in total. The summed E-state index contributed by atoms with van der Waals surface area (Å²) in [5.74, 6) is -0.513. The molecule has 48 heavy (non-hydrogen) atoms. The zero-order valence-corrected chi connectivity index (χ0v) is 29.5. The van der Waals surface area contributed by atoms with Gasteiger partial charge in [-0.1, -0.05) is 11.8 Å². The summed E-state index contributed by atoms with van der Waals surface area (Å²) in [6.45, 7) is 11.9. The van der Waals surface area contributed by atoms with Crippen molar-refractivity contribution in [1.82, 2.24) is 10.2 Å². The van der Waals surface area contributed by atoms with Gasteiger partial charge in [-0.2, -0.15) is 0 Å². The minimum absolute atomic E-state index is 0.0429. The highest BCUT2D eigenvalue weighted by atomic mass is 32.4. The molecule has 2 aromatic rings. The van der Waals surface area contributed by atoms with Crippen LogP contribution in [0.25, 0.3) is 0 Å². The van der Waals surface area contributed by atoms with E-state index >= 15 is 0 Å². The summed E-state index contributed by atoms with van der Waals surface area (Å²) < 4.78 is 10.3. The fourth-order valence-electron chi connectivity index (χ4n) is 5.08. The molecule has 2 fully saturated rings. The number of morpholine rings is 2. The Labute approximate surface area is 289 Å². The fourth-order valence-corrected chi connectivity index (χ4v) is 5.08. The van der Waals surface area contributed by atoms with Crippen molar-refractivity contribution in [3.05, 3.63) is 82.2 Å². The highest BCUT2D eigenvalue weighted by Crippen LogP contribution is 2.25. The Morgan fingerprint density at radius 1 is 0.750 bits per heavy atom. The Morgan fingerprint density at radius 2 is 1.17 bits per heavy atom. The monoisotopic (exact) mass is 696 g/mol. The fraction of sp³-hybridized carbons (Fsp3) is 0.429. The lowest BCUT2D eigenvalue weighted by Gasteiger charge is -2.26. The average molecular weight is 697 g/mol. The number of hydrogen-bond donors (Lipinski definition) is 4. The van der Waals surface area contributed by atoms with Crippen LogP contribution in [-0.4, -0.2) is 92.7 Å². The van der Waals surface area contributed by atoms with Gasteiger partial charge in [0, 0.05) is 78.5 Å². The van der Waals surface area contributed by atoms with Crippen molar-refractivity contribution in [2.75, 3.05) is 69.9 Å². The van der Waals surface area contributed by atoms with Crippen LogP contribution in [0, 0.1) is 0 Å². The van der Waals surface area contributed by atoms with Crippen molar-refractivity contribution in [1.29, 1.82) is 0 Å². The van der Waals surface area contributed by atoms with E-state index in [2.05, 4.69) is 27.8 Å². The van der Waals surface area contributed by atoms with E-state index < -0.39 is 5.97 Å². The smallest absolute Gasteiger partial charge is 0.335 e. The third-order valence-corrected chi connectivity index (χ3v) is 7.94. The third-order valence-electron chi connectivity index (χ3n) is 7.94. The molecule has 13 heteroatoms. The predicted octanol–water partition coefficient (Wildman–Crippen LogP) is 5.27. The van der Waals surface area contributed by atoms with Gasteiger partial charge in [-0.3, -0.25) is 14.4 Å². The zero-order valence-electron chi connectivity index (χ0n) is 27.8. The molecule has 0 spiro atoms. The summed E-state index contributed by atoms with van der Waals surface area (Å²) in [5, 5.41) is 18.4. The standard InChI is InChI=1S/C17H20N2O3.C13H13NO3.C4H9NO.CH3PS/c1-12-15(6-7-16(12)20)18-14-4-2-13(3-5-14)17(21)19-8-10-22-11-9-19;1-8-11(6-7-12(8)15)14-10-4-2-9(3-5-10)13(16)17;1-3-6-4-2-5-1;1-2-3/h2-5,18H,6-11H2,1H3;2-5,14H,6-7H2,1H3,(H,16,17);5H,1-4H2;1H3. The maximum absolute atomic E-state index is 12.3. The van der Waals surface area contributed by atoms with Crippen LogP contribution in [0.1, 0.15) is 60.2 Å². The van der Waals surface area contributed by atoms with Crippen LogP contribution in [-0.2, 0) is 30.9 Å². The second-order valence-corrected chi connectivity index (χ2v) is 12.7. The second-order valence-electron chi connectivity index (χ2n) is 11.2. The van der Waals surface area contributed by atoms with Crippen molar-refractivity contribution in [2.45, 2.75) is 39.5 Å². The first-order chi connectivity index (χ1) is 23.1. The quantitative estimate of drug-likeness (QED) is 0.293. The molecule has 4 aliphatic rings. The van der Waals surface area contributed by atoms with E-state index in [4.69, 9.17) is 14.6 Å². The first kappa shape index (κ1) is 38.6. The van der Waals surface area contributed by atoms with Crippen LogP contribution in [0.5, 0.6) is 0 Å². The molecule has 2 aromatic carbocycles. The average Bonchev–Trinajstić information content (AvgIpc) is 3.61. The number of carbonyl (C=O) groups excluding carboxylic acids is 3. The number of allylic oxidation sites excluding steroid dienone is 4. The van der Waals surface area contributed by atoms with Gasteiger partial charge in [0.05, 0.1) is 32.0 Å². The van der Waals surface area contributed by atoms with Gasteiger partial charge in [-0.05, 0) is 89.2 Å². The topological polar surface area (TPSA) is 146 Å². The molecule has 2 aliphatic carbocycles. The maximum atomic E-state index is 12.3. The molecule has 6 rings (SSSR count). The van der Waals surface area contributed by atoms with Gasteiger partial charge in [0.25, 0.3) is 5.91 Å². The summed E-state index contributed by atoms with van der Waals surface area (Å²) in [6, 6.07) is 13.9. The minimum atomic E-state index is -0.942. The van der Waals surface area contributed by atoms with Crippen LogP contribution in [0.4, 0.5) is 11.4 Å². The second kappa shape index (κ2) is 20.5. The maximum Gasteiger partial charge on any atom is 0.335 e. The molecule has 2 heterocycles. The van der Waals surface area contributed by atoms with Crippen LogP contribution in [0.15, 0.2) is 71.1 Å². The normalized spacial score (nSPS) is 17.4. The Morgan fingerprint density at radius 3 is 1.50 bits per heavy atom. The first-order valence-electron chi connectivity index (χ1n) is 15.9. The van der Waals surface area contributed by atoms with Crippen molar-refractivity contribution in [3.8, 4) is 0 Å². The van der Waals surface area contributed by atoms with Crippen molar-refractivity contribution in [3.63, 3.8) is 0 Å². The van der Waals surface area contributed by atoms with Gasteiger partial charge in [-0.25, -0.2) is 4.79 Å². The van der Waals surface area contributed by atoms with Crippen LogP contribution in [0.3, 0.4) is 0 Å². The van der Waals surface area contributed by atoms with Crippen LogP contribution >= 0.6 is 7.36 Å². The number of amides is 1. The van der Waals surface area contributed by atoms with Crippen molar-refractivity contribution < 1.29 is 33.8 Å². The Balaban J connectivity index is 0.000000211. The molecule has 0 unspecified atom stereocenters. The number of hydrogen-bond acceptors (Lipinski definition) is 10. The number of ketones is 2. The first-order valence-corrected chi connectivity index (χ1v) is 18.3. The molecule has 0 saturated carbocycles. The van der Waals surface area contributed by atoms with Gasteiger partial charge in [0.1, 0.15) is 0 Å². The predicted molar refractivity (Wildman–Crippen MR) is 192 cm³/mol. The number of carbonyl (C=O) groups is 4. The van der Waals surface area contributed by atoms with Crippen molar-refractivity contribution >= 4 is 54.0 Å². The van der Waals surface area contributed by atoms with E-state index in [0.717, 1.165) is 80.4 Å². The molecule has 2 aliphatic heterocycles. The SMILES string of the molecule is C1COCCN1.CC1=C(Nc2ccc(C(=O)N3CCOCC3)cc2)CCC1=O.CC1=C(Nc2ccc(C(=O)O)cc2)CCC1=O.CP=S. The number of benzene rings is 2. The number of anilines is 2. The highest BCUT2D eigenvalue weighted by Gasteiger charge is 2.21. The van der Waals surface area contributed by atoms with Gasteiger partial charge in [0.15, 0.2) is 11.6 Å². The van der Waals surface area contributed by atoms with E-state index in [1.165, 1.54) is 12.1 Å². The van der Waals surface area contributed by atoms with Gasteiger partial charge in [-0.15, -0.1) is 0 Å². The summed E-state index contributed by atoms with van der Waals surface area (Å²) in [5.41, 5.74) is 6.14. The van der Waals surface area contributed by atoms with E-state index in [-0.39, 0.29) is 23.0 Å². The largest absolute Gasteiger partial charge is 0.478 e. The minimum Gasteiger partial charge on any atom is -0.478 e. The molecular weight excluding hydrogens is 651 g/mol. The summed E-state index contributed by atoms with van der Waals surface area (Å²) in [4.78, 5) is 47.7. The molecule has 0 radical (unpaired) electrons. The van der Waals surface area contributed by atoms with E-state index in [9.17, 15) is 19.2 Å². The summed E-state index contributed by atoms with van der Waals surface area (Å²) in [7, 11) is 1.00. The zero-order chi connectivity index (χ0) is 34.9. The Hall–Kier alpha value is -3.80. The Kier molecular flexibility index (Phi) is 16.5. The molecule has 0 atom stereocenters. The molecule has 258 valence electrons. The van der Waals surface area contributed by atoms with Crippen molar-refractivity contribution in [2.24, 2.45) is 0 Å². The summed E-state index contributed by atoms with van der Waals surface area (Å²) in [6.07, 6.45) is 2.63. The Bertz CT molecular complexity index is 1470. The molecular formula is C35H45N4O7PS. The number of carboxylic acids is 1. The number of aromatic carboxylic acids is 1.